The second-order valence-corrected chi connectivity index (χ2v) is 6.60. The third-order valence-corrected chi connectivity index (χ3v) is 3.98. The maximum atomic E-state index is 13.4. The van der Waals surface area contributed by atoms with Gasteiger partial charge in [-0.3, -0.25) is 0 Å². The standard InChI is InChI=1S/C17H18F2INO/c1-11(22)5-17(13-7-14(18)9-15(19)8-13)21-10-12-3-2-4-16(20)6-12/h2-4,6-9,11,17,21-22H,5,10H2,1H3. The first-order chi connectivity index (χ1) is 10.4. The van der Waals surface area contributed by atoms with Gasteiger partial charge in [-0.15, -0.1) is 0 Å². The Labute approximate surface area is 142 Å². The van der Waals surface area contributed by atoms with Crippen LogP contribution in [-0.4, -0.2) is 11.2 Å². The van der Waals surface area contributed by atoms with Gasteiger partial charge in [0.1, 0.15) is 11.6 Å². The lowest BCUT2D eigenvalue weighted by Crippen LogP contribution is -2.24. The van der Waals surface area contributed by atoms with Gasteiger partial charge in [0.25, 0.3) is 0 Å². The molecule has 0 saturated heterocycles. The Bertz CT molecular complexity index is 614. The Balaban J connectivity index is 2.15. The van der Waals surface area contributed by atoms with Crippen LogP contribution in [0.5, 0.6) is 0 Å². The first kappa shape index (κ1) is 17.3. The Kier molecular flexibility index (Phi) is 6.28. The molecule has 2 rings (SSSR count). The van der Waals surface area contributed by atoms with E-state index < -0.39 is 17.7 Å². The Morgan fingerprint density at radius 3 is 2.41 bits per heavy atom. The van der Waals surface area contributed by atoms with Crippen LogP contribution >= 0.6 is 22.6 Å². The lowest BCUT2D eigenvalue weighted by molar-refractivity contribution is 0.167. The summed E-state index contributed by atoms with van der Waals surface area (Å²) in [4.78, 5) is 0. The molecule has 0 spiro atoms. The van der Waals surface area contributed by atoms with E-state index in [1.54, 1.807) is 6.92 Å². The molecule has 2 atom stereocenters. The number of benzene rings is 2. The fraction of sp³-hybridized carbons (Fsp3) is 0.294. The van der Waals surface area contributed by atoms with Crippen molar-refractivity contribution in [2.45, 2.75) is 32.0 Å². The van der Waals surface area contributed by atoms with Crippen molar-refractivity contribution in [3.05, 3.63) is 68.8 Å². The summed E-state index contributed by atoms with van der Waals surface area (Å²) in [5.41, 5.74) is 1.59. The van der Waals surface area contributed by atoms with Crippen molar-refractivity contribution in [2.75, 3.05) is 0 Å². The summed E-state index contributed by atoms with van der Waals surface area (Å²) in [6, 6.07) is 11.1. The van der Waals surface area contributed by atoms with Crippen molar-refractivity contribution in [2.24, 2.45) is 0 Å². The van der Waals surface area contributed by atoms with Gasteiger partial charge in [0.05, 0.1) is 6.10 Å². The van der Waals surface area contributed by atoms with Crippen molar-refractivity contribution in [1.82, 2.24) is 5.32 Å². The molecule has 0 amide bonds. The van der Waals surface area contributed by atoms with Crippen LogP contribution in [0.4, 0.5) is 8.78 Å². The molecule has 0 aromatic heterocycles. The summed E-state index contributed by atoms with van der Waals surface area (Å²) in [5, 5.41) is 12.9. The zero-order valence-electron chi connectivity index (χ0n) is 12.2. The first-order valence-corrected chi connectivity index (χ1v) is 8.14. The van der Waals surface area contributed by atoms with Crippen molar-refractivity contribution in [1.29, 1.82) is 0 Å². The molecule has 118 valence electrons. The van der Waals surface area contributed by atoms with E-state index in [9.17, 15) is 13.9 Å². The zero-order valence-corrected chi connectivity index (χ0v) is 14.3. The van der Waals surface area contributed by atoms with Crippen molar-refractivity contribution < 1.29 is 13.9 Å². The fourth-order valence-corrected chi connectivity index (χ4v) is 2.95. The third-order valence-electron chi connectivity index (χ3n) is 3.31. The molecule has 2 aromatic rings. The molecular formula is C17H18F2INO. The topological polar surface area (TPSA) is 32.3 Å². The number of hydrogen-bond donors (Lipinski definition) is 2. The number of aliphatic hydroxyl groups excluding tert-OH is 1. The Hall–Kier alpha value is -1.05. The maximum absolute atomic E-state index is 13.4. The SMILES string of the molecule is CC(O)CC(NCc1cccc(I)c1)c1cc(F)cc(F)c1. The molecule has 0 heterocycles. The Morgan fingerprint density at radius 1 is 1.14 bits per heavy atom. The van der Waals surface area contributed by atoms with Crippen molar-refractivity contribution in [3.63, 3.8) is 0 Å². The number of aliphatic hydroxyl groups is 1. The quantitative estimate of drug-likeness (QED) is 0.692. The largest absolute Gasteiger partial charge is 0.393 e. The van der Waals surface area contributed by atoms with Gasteiger partial charge in [-0.1, -0.05) is 12.1 Å². The van der Waals surface area contributed by atoms with Gasteiger partial charge < -0.3 is 10.4 Å². The molecule has 0 radical (unpaired) electrons. The summed E-state index contributed by atoms with van der Waals surface area (Å²) >= 11 is 2.24. The number of halogens is 3. The number of hydrogen-bond acceptors (Lipinski definition) is 2. The van der Waals surface area contributed by atoms with Crippen LogP contribution in [0.3, 0.4) is 0 Å². The molecule has 5 heteroatoms. The molecule has 2 nitrogen and oxygen atoms in total. The minimum Gasteiger partial charge on any atom is -0.393 e. The molecule has 22 heavy (non-hydrogen) atoms. The van der Waals surface area contributed by atoms with Crippen LogP contribution in [0.1, 0.15) is 30.5 Å². The molecule has 2 aromatic carbocycles. The minimum absolute atomic E-state index is 0.317. The summed E-state index contributed by atoms with van der Waals surface area (Å²) in [6.45, 7) is 2.22. The highest BCUT2D eigenvalue weighted by Crippen LogP contribution is 2.22. The highest BCUT2D eigenvalue weighted by atomic mass is 127. The van der Waals surface area contributed by atoms with Crippen LogP contribution in [0.2, 0.25) is 0 Å². The predicted octanol–water partition coefficient (Wildman–Crippen LogP) is 4.17. The van der Waals surface area contributed by atoms with E-state index in [1.165, 1.54) is 12.1 Å². The zero-order chi connectivity index (χ0) is 16.1. The van der Waals surface area contributed by atoms with E-state index in [2.05, 4.69) is 27.9 Å². The van der Waals surface area contributed by atoms with Crippen LogP contribution in [0.25, 0.3) is 0 Å². The van der Waals surface area contributed by atoms with E-state index >= 15 is 0 Å². The second kappa shape index (κ2) is 7.99. The molecule has 2 N–H and O–H groups in total. The predicted molar refractivity (Wildman–Crippen MR) is 91.4 cm³/mol. The molecule has 0 bridgehead atoms. The van der Waals surface area contributed by atoms with Crippen LogP contribution < -0.4 is 5.32 Å². The van der Waals surface area contributed by atoms with E-state index in [0.29, 0.717) is 18.5 Å². The van der Waals surface area contributed by atoms with E-state index in [1.807, 2.05) is 24.3 Å². The van der Waals surface area contributed by atoms with Gasteiger partial charge in [0.2, 0.25) is 0 Å². The normalized spacial score (nSPS) is 13.9. The smallest absolute Gasteiger partial charge is 0.126 e. The van der Waals surface area contributed by atoms with Crippen molar-refractivity contribution >= 4 is 22.6 Å². The van der Waals surface area contributed by atoms with Gasteiger partial charge in [0, 0.05) is 22.2 Å². The summed E-state index contributed by atoms with van der Waals surface area (Å²) in [6.07, 6.45) is -0.188. The van der Waals surface area contributed by atoms with Gasteiger partial charge in [-0.2, -0.15) is 0 Å². The average molecular weight is 417 g/mol. The molecule has 0 aliphatic rings. The summed E-state index contributed by atoms with van der Waals surface area (Å²) in [5.74, 6) is -1.22. The van der Waals surface area contributed by atoms with Gasteiger partial charge >= 0.3 is 0 Å². The first-order valence-electron chi connectivity index (χ1n) is 7.06. The third kappa shape index (κ3) is 5.30. The molecular weight excluding hydrogens is 399 g/mol. The Morgan fingerprint density at radius 2 is 1.82 bits per heavy atom. The molecule has 0 aliphatic carbocycles. The fourth-order valence-electron chi connectivity index (χ4n) is 2.34. The average Bonchev–Trinajstić information content (AvgIpc) is 2.42. The van der Waals surface area contributed by atoms with Crippen LogP contribution in [0.15, 0.2) is 42.5 Å². The van der Waals surface area contributed by atoms with Gasteiger partial charge in [-0.25, -0.2) is 8.78 Å². The van der Waals surface area contributed by atoms with Crippen molar-refractivity contribution in [3.8, 4) is 0 Å². The highest BCUT2D eigenvalue weighted by Gasteiger charge is 2.16. The maximum Gasteiger partial charge on any atom is 0.126 e. The molecule has 2 unspecified atom stereocenters. The summed E-state index contributed by atoms with van der Waals surface area (Å²) < 4.78 is 27.9. The molecule has 0 fully saturated rings. The molecule has 0 aliphatic heterocycles. The monoisotopic (exact) mass is 417 g/mol. The van der Waals surface area contributed by atoms with Crippen LogP contribution in [0, 0.1) is 15.2 Å². The van der Waals surface area contributed by atoms with Crippen LogP contribution in [-0.2, 0) is 6.54 Å². The minimum atomic E-state index is -0.610. The summed E-state index contributed by atoms with van der Waals surface area (Å²) in [7, 11) is 0. The van der Waals surface area contributed by atoms with E-state index in [4.69, 9.17) is 0 Å². The number of nitrogens with one attached hydrogen (secondary N) is 1. The second-order valence-electron chi connectivity index (χ2n) is 5.35. The lowest BCUT2D eigenvalue weighted by Gasteiger charge is -2.21. The highest BCUT2D eigenvalue weighted by molar-refractivity contribution is 14.1. The molecule has 0 saturated carbocycles. The van der Waals surface area contributed by atoms with Gasteiger partial charge in [0.15, 0.2) is 0 Å². The van der Waals surface area contributed by atoms with E-state index in [0.717, 1.165) is 15.2 Å². The van der Waals surface area contributed by atoms with Gasteiger partial charge in [-0.05, 0) is 71.3 Å². The van der Waals surface area contributed by atoms with E-state index in [-0.39, 0.29) is 6.04 Å². The lowest BCUT2D eigenvalue weighted by atomic mass is 10.0. The number of rotatable bonds is 6.